The Morgan fingerprint density at radius 2 is 1.74 bits per heavy atom. The van der Waals surface area contributed by atoms with Crippen LogP contribution in [0, 0.1) is 0 Å². The first-order valence-electron chi connectivity index (χ1n) is 8.58. The second kappa shape index (κ2) is 6.37. The highest BCUT2D eigenvalue weighted by molar-refractivity contribution is 7.16. The molecule has 130 valence electrons. The van der Waals surface area contributed by atoms with Crippen molar-refractivity contribution >= 4 is 56.5 Å². The van der Waals surface area contributed by atoms with E-state index >= 15 is 0 Å². The second-order valence-corrected chi connectivity index (χ2v) is 7.26. The SMILES string of the molecule is Oc1nc(Nc2cccc3ccccc23)sc1/C=C1\C=Nc2ccccc21. The van der Waals surface area contributed by atoms with Gasteiger partial charge in [-0.3, -0.25) is 4.99 Å². The van der Waals surface area contributed by atoms with Gasteiger partial charge in [0.05, 0.1) is 10.6 Å². The third kappa shape index (κ3) is 2.88. The first-order valence-corrected chi connectivity index (χ1v) is 9.39. The van der Waals surface area contributed by atoms with E-state index in [0.717, 1.165) is 33.3 Å². The Hall–Kier alpha value is -3.44. The van der Waals surface area contributed by atoms with Crippen LogP contribution >= 0.6 is 11.3 Å². The van der Waals surface area contributed by atoms with E-state index in [0.29, 0.717) is 10.0 Å². The largest absolute Gasteiger partial charge is 0.492 e. The maximum absolute atomic E-state index is 10.3. The molecule has 0 spiro atoms. The van der Waals surface area contributed by atoms with Crippen LogP contribution in [0.15, 0.2) is 71.7 Å². The molecule has 1 aromatic heterocycles. The lowest BCUT2D eigenvalue weighted by molar-refractivity contribution is 0.457. The minimum Gasteiger partial charge on any atom is -0.492 e. The van der Waals surface area contributed by atoms with Gasteiger partial charge in [0.2, 0.25) is 5.88 Å². The first-order chi connectivity index (χ1) is 13.3. The number of aliphatic imine (C=N–C) groups is 1. The monoisotopic (exact) mass is 369 g/mol. The van der Waals surface area contributed by atoms with Crippen molar-refractivity contribution in [3.63, 3.8) is 0 Å². The van der Waals surface area contributed by atoms with Crippen molar-refractivity contribution in [1.82, 2.24) is 4.98 Å². The maximum atomic E-state index is 10.3. The molecule has 0 unspecified atom stereocenters. The van der Waals surface area contributed by atoms with Crippen LogP contribution in [0.3, 0.4) is 0 Å². The zero-order chi connectivity index (χ0) is 18.2. The summed E-state index contributed by atoms with van der Waals surface area (Å²) in [5, 5.41) is 16.6. The van der Waals surface area contributed by atoms with E-state index in [1.165, 1.54) is 11.3 Å². The summed E-state index contributed by atoms with van der Waals surface area (Å²) in [5.41, 5.74) is 3.95. The van der Waals surface area contributed by atoms with Crippen LogP contribution in [0.1, 0.15) is 10.4 Å². The molecule has 27 heavy (non-hydrogen) atoms. The smallest absolute Gasteiger partial charge is 0.231 e. The molecule has 0 bridgehead atoms. The minimum atomic E-state index is 0.0213. The number of hydrogen-bond acceptors (Lipinski definition) is 5. The molecular weight excluding hydrogens is 354 g/mol. The molecule has 1 aliphatic rings. The summed E-state index contributed by atoms with van der Waals surface area (Å²) in [7, 11) is 0. The van der Waals surface area contributed by atoms with Gasteiger partial charge in [-0.1, -0.05) is 65.9 Å². The van der Waals surface area contributed by atoms with Gasteiger partial charge >= 0.3 is 0 Å². The predicted molar refractivity (Wildman–Crippen MR) is 113 cm³/mol. The predicted octanol–water partition coefficient (Wildman–Crippen LogP) is 6.00. The molecule has 0 fully saturated rings. The summed E-state index contributed by atoms with van der Waals surface area (Å²) in [6.45, 7) is 0. The first kappa shape index (κ1) is 15.8. The van der Waals surface area contributed by atoms with E-state index < -0.39 is 0 Å². The van der Waals surface area contributed by atoms with Crippen molar-refractivity contribution in [3.05, 3.63) is 77.2 Å². The molecule has 5 rings (SSSR count). The third-order valence-electron chi connectivity index (χ3n) is 4.51. The average Bonchev–Trinajstić information content (AvgIpc) is 3.26. The lowest BCUT2D eigenvalue weighted by Gasteiger charge is -2.06. The Bertz CT molecular complexity index is 1220. The zero-order valence-electron chi connectivity index (χ0n) is 14.3. The Morgan fingerprint density at radius 1 is 0.926 bits per heavy atom. The third-order valence-corrected chi connectivity index (χ3v) is 5.42. The van der Waals surface area contributed by atoms with Gasteiger partial charge in [0.15, 0.2) is 5.13 Å². The molecule has 1 aliphatic heterocycles. The summed E-state index contributed by atoms with van der Waals surface area (Å²) < 4.78 is 0. The summed E-state index contributed by atoms with van der Waals surface area (Å²) >= 11 is 1.41. The number of para-hydroxylation sites is 1. The van der Waals surface area contributed by atoms with E-state index in [9.17, 15) is 5.11 Å². The van der Waals surface area contributed by atoms with Crippen molar-refractivity contribution in [1.29, 1.82) is 0 Å². The Morgan fingerprint density at radius 3 is 2.70 bits per heavy atom. The van der Waals surface area contributed by atoms with E-state index in [1.807, 2.05) is 60.8 Å². The van der Waals surface area contributed by atoms with Crippen LogP contribution < -0.4 is 5.32 Å². The van der Waals surface area contributed by atoms with Gasteiger partial charge in [0, 0.05) is 28.4 Å². The van der Waals surface area contributed by atoms with Gasteiger partial charge in [-0.2, -0.15) is 4.98 Å². The van der Waals surface area contributed by atoms with Gasteiger partial charge in [0.1, 0.15) is 0 Å². The Balaban J connectivity index is 1.49. The fraction of sp³-hybridized carbons (Fsp3) is 0. The molecule has 4 aromatic rings. The van der Waals surface area contributed by atoms with Crippen molar-refractivity contribution in [3.8, 4) is 5.88 Å². The highest BCUT2D eigenvalue weighted by Gasteiger charge is 2.15. The van der Waals surface area contributed by atoms with Gasteiger partial charge in [0.25, 0.3) is 0 Å². The van der Waals surface area contributed by atoms with Crippen molar-refractivity contribution in [2.24, 2.45) is 4.99 Å². The van der Waals surface area contributed by atoms with Gasteiger partial charge in [-0.05, 0) is 23.6 Å². The Labute approximate surface area is 160 Å². The van der Waals surface area contributed by atoms with Gasteiger partial charge in [-0.15, -0.1) is 0 Å². The summed E-state index contributed by atoms with van der Waals surface area (Å²) in [6, 6.07) is 22.2. The second-order valence-electron chi connectivity index (χ2n) is 6.23. The number of thiazole rings is 1. The van der Waals surface area contributed by atoms with Crippen LogP contribution in [0.2, 0.25) is 0 Å². The minimum absolute atomic E-state index is 0.0213. The van der Waals surface area contributed by atoms with Gasteiger partial charge < -0.3 is 10.4 Å². The fourth-order valence-corrected chi connectivity index (χ4v) is 4.04. The molecular formula is C22H15N3OS. The fourth-order valence-electron chi connectivity index (χ4n) is 3.22. The lowest BCUT2D eigenvalue weighted by atomic mass is 10.1. The maximum Gasteiger partial charge on any atom is 0.231 e. The number of hydrogen-bond donors (Lipinski definition) is 2. The van der Waals surface area contributed by atoms with Crippen molar-refractivity contribution in [2.75, 3.05) is 5.32 Å². The number of allylic oxidation sites excluding steroid dienone is 1. The number of nitrogens with zero attached hydrogens (tertiary/aromatic N) is 2. The number of aromatic nitrogens is 1. The van der Waals surface area contributed by atoms with Crippen LogP contribution in [0.25, 0.3) is 22.4 Å². The average molecular weight is 369 g/mol. The lowest BCUT2D eigenvalue weighted by Crippen LogP contribution is -1.90. The normalized spacial score (nSPS) is 14.0. The number of rotatable bonds is 3. The van der Waals surface area contributed by atoms with Crippen molar-refractivity contribution < 1.29 is 5.11 Å². The van der Waals surface area contributed by atoms with E-state index in [-0.39, 0.29) is 5.88 Å². The van der Waals surface area contributed by atoms with E-state index in [4.69, 9.17) is 0 Å². The molecule has 0 radical (unpaired) electrons. The zero-order valence-corrected chi connectivity index (χ0v) is 15.1. The number of benzene rings is 3. The highest BCUT2D eigenvalue weighted by atomic mass is 32.1. The number of nitrogens with one attached hydrogen (secondary N) is 1. The van der Waals surface area contributed by atoms with Crippen LogP contribution in [0.4, 0.5) is 16.5 Å². The number of fused-ring (bicyclic) bond motifs is 2. The van der Waals surface area contributed by atoms with Crippen LogP contribution in [-0.2, 0) is 0 Å². The molecule has 5 heteroatoms. The number of anilines is 2. The summed E-state index contributed by atoms with van der Waals surface area (Å²) in [4.78, 5) is 9.40. The molecule has 4 nitrogen and oxygen atoms in total. The molecule has 2 heterocycles. The quantitative estimate of drug-likeness (QED) is 0.465. The molecule has 3 aromatic carbocycles. The topological polar surface area (TPSA) is 57.5 Å². The molecule has 0 atom stereocenters. The molecule has 0 saturated heterocycles. The van der Waals surface area contributed by atoms with E-state index in [1.54, 1.807) is 0 Å². The Kier molecular flexibility index (Phi) is 3.73. The van der Waals surface area contributed by atoms with Crippen LogP contribution in [-0.4, -0.2) is 16.3 Å². The number of aromatic hydroxyl groups is 1. The van der Waals surface area contributed by atoms with Gasteiger partial charge in [-0.25, -0.2) is 0 Å². The standard InChI is InChI=1S/C22H15N3OS/c26-21-20(12-15-13-23-18-10-4-3-9-17(15)18)27-22(25-21)24-19-11-5-7-14-6-1-2-8-16(14)19/h1-13,26H,(H,24,25)/b15-12+. The summed E-state index contributed by atoms with van der Waals surface area (Å²) in [6.07, 6.45) is 3.75. The molecule has 0 amide bonds. The van der Waals surface area contributed by atoms with Crippen LogP contribution in [0.5, 0.6) is 5.88 Å². The molecule has 0 aliphatic carbocycles. The molecule has 0 saturated carbocycles. The summed E-state index contributed by atoms with van der Waals surface area (Å²) in [5.74, 6) is 0.0213. The van der Waals surface area contributed by atoms with E-state index in [2.05, 4.69) is 33.5 Å². The highest BCUT2D eigenvalue weighted by Crippen LogP contribution is 2.37. The van der Waals surface area contributed by atoms with Crippen molar-refractivity contribution in [2.45, 2.75) is 0 Å². The molecule has 2 N–H and O–H groups in total.